The zero-order valence-corrected chi connectivity index (χ0v) is 15.5. The first-order valence-electron chi connectivity index (χ1n) is 8.85. The monoisotopic (exact) mass is 346 g/mol. The van der Waals surface area contributed by atoms with E-state index in [1.807, 2.05) is 20.8 Å². The Morgan fingerprint density at radius 2 is 1.46 bits per heavy atom. The number of esters is 1. The lowest BCUT2D eigenvalue weighted by atomic mass is 10.2. The molecule has 0 amide bonds. The highest BCUT2D eigenvalue weighted by Gasteiger charge is 2.15. The number of carbonyl (C=O) groups excluding carboxylic acids is 1. The lowest BCUT2D eigenvalue weighted by Gasteiger charge is -2.26. The first-order chi connectivity index (χ1) is 11.5. The Morgan fingerprint density at radius 3 is 2.04 bits per heavy atom. The van der Waals surface area contributed by atoms with Crippen LogP contribution < -0.4 is 5.32 Å². The fourth-order valence-corrected chi connectivity index (χ4v) is 2.22. The van der Waals surface area contributed by atoms with E-state index in [4.69, 9.17) is 18.9 Å². The maximum Gasteiger partial charge on any atom is 0.308 e. The molecule has 1 fully saturated rings. The van der Waals surface area contributed by atoms with Crippen molar-refractivity contribution in [3.05, 3.63) is 0 Å². The molecule has 0 unspecified atom stereocenters. The Hall–Kier alpha value is -0.730. The number of hydrogen-bond acceptors (Lipinski definition) is 7. The Kier molecular flexibility index (Phi) is 11.2. The first kappa shape index (κ1) is 21.3. The molecule has 1 saturated heterocycles. The number of hydrogen-bond donors (Lipinski definition) is 1. The van der Waals surface area contributed by atoms with Crippen LogP contribution in [-0.4, -0.2) is 88.8 Å². The highest BCUT2D eigenvalue weighted by atomic mass is 16.6. The second-order valence-corrected chi connectivity index (χ2v) is 6.77. The average Bonchev–Trinajstić information content (AvgIpc) is 2.52. The second-order valence-electron chi connectivity index (χ2n) is 6.77. The summed E-state index contributed by atoms with van der Waals surface area (Å²) in [7, 11) is 0. The Bertz CT molecular complexity index is 327. The van der Waals surface area contributed by atoms with Crippen LogP contribution >= 0.6 is 0 Å². The van der Waals surface area contributed by atoms with Gasteiger partial charge in [0.25, 0.3) is 0 Å². The van der Waals surface area contributed by atoms with Crippen molar-refractivity contribution in [2.24, 2.45) is 0 Å². The molecule has 0 radical (unpaired) electrons. The fourth-order valence-electron chi connectivity index (χ4n) is 2.22. The maximum atomic E-state index is 11.5. The number of ether oxygens (including phenoxy) is 4. The molecule has 0 aliphatic carbocycles. The van der Waals surface area contributed by atoms with Crippen LogP contribution in [0.1, 0.15) is 27.2 Å². The van der Waals surface area contributed by atoms with Gasteiger partial charge in [0.2, 0.25) is 0 Å². The summed E-state index contributed by atoms with van der Waals surface area (Å²) in [5, 5.41) is 3.33. The highest BCUT2D eigenvalue weighted by Crippen LogP contribution is 2.07. The first-order valence-corrected chi connectivity index (χ1v) is 8.85. The molecule has 142 valence electrons. The smallest absolute Gasteiger partial charge is 0.308 e. The van der Waals surface area contributed by atoms with Crippen molar-refractivity contribution >= 4 is 5.97 Å². The fraction of sp³-hybridized carbons (Fsp3) is 0.941. The van der Waals surface area contributed by atoms with Crippen LogP contribution in [-0.2, 0) is 23.7 Å². The van der Waals surface area contributed by atoms with E-state index in [0.717, 1.165) is 39.3 Å². The molecule has 0 saturated carbocycles. The van der Waals surface area contributed by atoms with Gasteiger partial charge in [-0.15, -0.1) is 0 Å². The van der Waals surface area contributed by atoms with Crippen LogP contribution in [0.5, 0.6) is 0 Å². The van der Waals surface area contributed by atoms with Crippen LogP contribution in [0.2, 0.25) is 0 Å². The third-order valence-electron chi connectivity index (χ3n) is 3.38. The molecule has 7 nitrogen and oxygen atoms in total. The molecule has 24 heavy (non-hydrogen) atoms. The van der Waals surface area contributed by atoms with Crippen molar-refractivity contribution in [2.45, 2.75) is 32.8 Å². The molecule has 0 bridgehead atoms. The maximum absolute atomic E-state index is 11.5. The standard InChI is InChI=1S/C17H34N2O5/c1-17(2,3)24-16(20)4-10-21-12-14-23-15-13-22-11-9-19-7-5-18-6-8-19/h18H,4-15H2,1-3H3. The topological polar surface area (TPSA) is 69.3 Å². The normalized spacial score (nSPS) is 16.3. The summed E-state index contributed by atoms with van der Waals surface area (Å²) >= 11 is 0. The van der Waals surface area contributed by atoms with Crippen LogP contribution in [0.3, 0.4) is 0 Å². The number of nitrogens with zero attached hydrogens (tertiary/aromatic N) is 1. The van der Waals surface area contributed by atoms with Gasteiger partial charge < -0.3 is 24.3 Å². The third-order valence-corrected chi connectivity index (χ3v) is 3.38. The SMILES string of the molecule is CC(C)(C)OC(=O)CCOCCOCCOCCN1CCNCC1. The predicted octanol–water partition coefficient (Wildman–Crippen LogP) is 0.673. The molecular weight excluding hydrogens is 312 g/mol. The summed E-state index contributed by atoms with van der Waals surface area (Å²) in [5.41, 5.74) is -0.439. The summed E-state index contributed by atoms with van der Waals surface area (Å²) in [6.45, 7) is 14.1. The summed E-state index contributed by atoms with van der Waals surface area (Å²) < 4.78 is 21.5. The molecule has 0 aromatic rings. The zero-order chi connectivity index (χ0) is 17.7. The van der Waals surface area contributed by atoms with Gasteiger partial charge in [0.1, 0.15) is 5.60 Å². The minimum Gasteiger partial charge on any atom is -0.460 e. The molecule has 0 atom stereocenters. The largest absolute Gasteiger partial charge is 0.460 e. The summed E-state index contributed by atoms with van der Waals surface area (Å²) in [6, 6.07) is 0. The van der Waals surface area contributed by atoms with Crippen molar-refractivity contribution in [3.8, 4) is 0 Å². The molecule has 0 spiro atoms. The molecule has 1 heterocycles. The predicted molar refractivity (Wildman–Crippen MR) is 92.2 cm³/mol. The average molecular weight is 346 g/mol. The molecule has 1 aliphatic rings. The molecule has 0 aromatic carbocycles. The van der Waals surface area contributed by atoms with Gasteiger partial charge in [0.15, 0.2) is 0 Å². The van der Waals surface area contributed by atoms with Gasteiger partial charge >= 0.3 is 5.97 Å². The quantitative estimate of drug-likeness (QED) is 0.411. The van der Waals surface area contributed by atoms with Crippen molar-refractivity contribution < 1.29 is 23.7 Å². The zero-order valence-electron chi connectivity index (χ0n) is 15.5. The van der Waals surface area contributed by atoms with E-state index in [9.17, 15) is 4.79 Å². The Labute approximate surface area is 145 Å². The Balaban J connectivity index is 1.78. The van der Waals surface area contributed by atoms with Crippen molar-refractivity contribution in [3.63, 3.8) is 0 Å². The van der Waals surface area contributed by atoms with E-state index in [2.05, 4.69) is 10.2 Å². The minimum absolute atomic E-state index is 0.235. The van der Waals surface area contributed by atoms with Gasteiger partial charge in [-0.3, -0.25) is 9.69 Å². The minimum atomic E-state index is -0.439. The number of rotatable bonds is 12. The van der Waals surface area contributed by atoms with Crippen molar-refractivity contribution in [2.75, 3.05) is 72.4 Å². The summed E-state index contributed by atoms with van der Waals surface area (Å²) in [4.78, 5) is 13.9. The van der Waals surface area contributed by atoms with Gasteiger partial charge in [-0.25, -0.2) is 0 Å². The van der Waals surface area contributed by atoms with E-state index in [-0.39, 0.29) is 12.4 Å². The van der Waals surface area contributed by atoms with Gasteiger partial charge in [-0.1, -0.05) is 0 Å². The molecule has 1 rings (SSSR count). The van der Waals surface area contributed by atoms with Crippen LogP contribution in [0.15, 0.2) is 0 Å². The van der Waals surface area contributed by atoms with Gasteiger partial charge in [0.05, 0.1) is 46.1 Å². The van der Waals surface area contributed by atoms with Gasteiger partial charge in [0, 0.05) is 32.7 Å². The third kappa shape index (κ3) is 12.7. The lowest BCUT2D eigenvalue weighted by Crippen LogP contribution is -2.44. The summed E-state index contributed by atoms with van der Waals surface area (Å²) in [6.07, 6.45) is 0.270. The van der Waals surface area contributed by atoms with Gasteiger partial charge in [-0.2, -0.15) is 0 Å². The van der Waals surface area contributed by atoms with Crippen molar-refractivity contribution in [1.82, 2.24) is 10.2 Å². The van der Waals surface area contributed by atoms with E-state index in [1.165, 1.54) is 0 Å². The molecule has 0 aromatic heterocycles. The van der Waals surface area contributed by atoms with E-state index < -0.39 is 5.60 Å². The molecular formula is C17H34N2O5. The molecule has 1 N–H and O–H groups in total. The lowest BCUT2D eigenvalue weighted by molar-refractivity contribution is -0.156. The van der Waals surface area contributed by atoms with Crippen LogP contribution in [0.25, 0.3) is 0 Å². The van der Waals surface area contributed by atoms with Crippen LogP contribution in [0.4, 0.5) is 0 Å². The van der Waals surface area contributed by atoms with Crippen molar-refractivity contribution in [1.29, 1.82) is 0 Å². The second kappa shape index (κ2) is 12.6. The highest BCUT2D eigenvalue weighted by molar-refractivity contribution is 5.69. The van der Waals surface area contributed by atoms with E-state index in [1.54, 1.807) is 0 Å². The van der Waals surface area contributed by atoms with E-state index in [0.29, 0.717) is 33.0 Å². The van der Waals surface area contributed by atoms with Gasteiger partial charge in [-0.05, 0) is 20.8 Å². The number of nitrogens with one attached hydrogen (secondary N) is 1. The number of carbonyl (C=O) groups is 1. The number of piperazine rings is 1. The van der Waals surface area contributed by atoms with E-state index >= 15 is 0 Å². The summed E-state index contributed by atoms with van der Waals surface area (Å²) in [5.74, 6) is -0.235. The van der Waals surface area contributed by atoms with Crippen LogP contribution in [0, 0.1) is 0 Å². The molecule has 7 heteroatoms. The molecule has 1 aliphatic heterocycles. The Morgan fingerprint density at radius 1 is 0.917 bits per heavy atom.